The number of hydrogen-bond donors (Lipinski definition) is 1. The fourth-order valence-corrected chi connectivity index (χ4v) is 4.84. The third kappa shape index (κ3) is 8.75. The molecule has 2 aromatic carbocycles. The summed E-state index contributed by atoms with van der Waals surface area (Å²) in [4.78, 5) is 15.2. The lowest BCUT2D eigenvalue weighted by molar-refractivity contribution is -0.384. The predicted octanol–water partition coefficient (Wildman–Crippen LogP) is 6.54. The zero-order chi connectivity index (χ0) is 26.6. The minimum atomic E-state index is -0.407. The summed E-state index contributed by atoms with van der Waals surface area (Å²) in [6, 6.07) is 11.1. The van der Waals surface area contributed by atoms with Gasteiger partial charge in [-0.05, 0) is 57.0 Å². The monoisotopic (exact) mass is 640 g/mol. The fraction of sp³-hybridized carbons (Fsp3) is 0.500. The molecule has 202 valence electrons. The summed E-state index contributed by atoms with van der Waals surface area (Å²) in [7, 11) is 0. The van der Waals surface area contributed by atoms with Gasteiger partial charge in [-0.15, -0.1) is 0 Å². The van der Waals surface area contributed by atoms with E-state index in [0.717, 1.165) is 60.3 Å². The minimum Gasteiger partial charge on any atom is -0.381 e. The van der Waals surface area contributed by atoms with Gasteiger partial charge in [0.2, 0.25) is 0 Å². The van der Waals surface area contributed by atoms with Crippen LogP contribution in [-0.4, -0.2) is 60.7 Å². The van der Waals surface area contributed by atoms with Crippen molar-refractivity contribution in [1.82, 2.24) is 9.55 Å². The Balaban J connectivity index is 0.000000214. The lowest BCUT2D eigenvalue weighted by Crippen LogP contribution is -2.19. The zero-order valence-electron chi connectivity index (χ0n) is 21.3. The topological polar surface area (TPSA) is 101 Å². The summed E-state index contributed by atoms with van der Waals surface area (Å²) >= 11 is 6.84. The third-order valence-electron chi connectivity index (χ3n) is 5.91. The second-order valence-corrected chi connectivity index (χ2v) is 10.2. The maximum atomic E-state index is 10.7. The number of fused-ring (bicyclic) bond motifs is 1. The van der Waals surface area contributed by atoms with Gasteiger partial charge in [0, 0.05) is 60.4 Å². The molecule has 0 amide bonds. The van der Waals surface area contributed by atoms with Gasteiger partial charge in [-0.2, -0.15) is 0 Å². The van der Waals surface area contributed by atoms with Gasteiger partial charge in [0.05, 0.1) is 29.2 Å². The zero-order valence-corrected chi connectivity index (χ0v) is 24.4. The molecule has 1 N–H and O–H groups in total. The molecule has 4 rings (SSSR count). The second kappa shape index (κ2) is 15.4. The van der Waals surface area contributed by atoms with Crippen LogP contribution in [0.3, 0.4) is 0 Å². The number of nitrogens with zero attached hydrogens (tertiary/aromatic N) is 3. The first kappa shape index (κ1) is 29.5. The number of hydrogen-bond acceptors (Lipinski definition) is 7. The quantitative estimate of drug-likeness (QED) is 0.144. The molecule has 9 nitrogen and oxygen atoms in total. The summed E-state index contributed by atoms with van der Waals surface area (Å²) in [5.74, 6) is 1.68. The minimum absolute atomic E-state index is 0.0692. The van der Waals surface area contributed by atoms with E-state index in [9.17, 15) is 10.1 Å². The van der Waals surface area contributed by atoms with Crippen LogP contribution in [0.1, 0.15) is 38.4 Å². The number of rotatable bonds is 11. The number of nitro groups is 1. The van der Waals surface area contributed by atoms with Gasteiger partial charge < -0.3 is 24.1 Å². The van der Waals surface area contributed by atoms with Crippen molar-refractivity contribution in [3.05, 3.63) is 61.3 Å². The molecule has 11 heteroatoms. The number of benzene rings is 2. The number of nitro benzene ring substituents is 1. The van der Waals surface area contributed by atoms with E-state index < -0.39 is 4.92 Å². The molecule has 1 aliphatic heterocycles. The van der Waals surface area contributed by atoms with Gasteiger partial charge in [0.25, 0.3) is 5.69 Å². The van der Waals surface area contributed by atoms with Crippen LogP contribution in [0.25, 0.3) is 11.0 Å². The molecule has 0 bridgehead atoms. The highest BCUT2D eigenvalue weighted by Gasteiger charge is 2.23. The maximum absolute atomic E-state index is 10.7. The Bertz CT molecular complexity index is 1150. The molecule has 0 spiro atoms. The number of aromatic nitrogens is 2. The smallest absolute Gasteiger partial charge is 0.292 e. The highest BCUT2D eigenvalue weighted by atomic mass is 79.9. The van der Waals surface area contributed by atoms with Crippen LogP contribution >= 0.6 is 31.9 Å². The van der Waals surface area contributed by atoms with E-state index in [2.05, 4.69) is 59.9 Å². The van der Waals surface area contributed by atoms with Crippen LogP contribution in [0.2, 0.25) is 0 Å². The van der Waals surface area contributed by atoms with Crippen molar-refractivity contribution in [1.29, 1.82) is 0 Å². The van der Waals surface area contributed by atoms with E-state index >= 15 is 0 Å². The van der Waals surface area contributed by atoms with E-state index in [1.807, 2.05) is 13.8 Å². The molecule has 1 aliphatic rings. The third-order valence-corrected chi connectivity index (χ3v) is 6.90. The molecule has 3 aromatic rings. The van der Waals surface area contributed by atoms with Gasteiger partial charge in [-0.25, -0.2) is 4.98 Å². The fourth-order valence-electron chi connectivity index (χ4n) is 4.13. The first-order chi connectivity index (χ1) is 17.9. The van der Waals surface area contributed by atoms with E-state index in [1.165, 1.54) is 17.4 Å². The molecule has 2 heterocycles. The van der Waals surface area contributed by atoms with Crippen molar-refractivity contribution >= 4 is 54.3 Å². The van der Waals surface area contributed by atoms with E-state index in [1.54, 1.807) is 12.1 Å². The average Bonchev–Trinajstić information content (AvgIpc) is 3.25. The molecule has 0 atom stereocenters. The molecule has 1 aromatic heterocycles. The first-order valence-corrected chi connectivity index (χ1v) is 14.1. The summed E-state index contributed by atoms with van der Waals surface area (Å²) in [5, 5.41) is 13.7. The van der Waals surface area contributed by atoms with Crippen LogP contribution in [0.5, 0.6) is 0 Å². The second-order valence-electron chi connectivity index (χ2n) is 8.38. The molecule has 0 saturated carbocycles. The summed E-state index contributed by atoms with van der Waals surface area (Å²) in [6.45, 7) is 9.66. The SMILES string of the molecule is CCOCCNc1cc(Br)ccc1[N+](=O)[O-].CCOCCn1c(C2CCOCC2)nc2ccc(Br)cc21. The lowest BCUT2D eigenvalue weighted by Gasteiger charge is -2.22. The maximum Gasteiger partial charge on any atom is 0.292 e. The molecule has 1 saturated heterocycles. The van der Waals surface area contributed by atoms with Gasteiger partial charge in [-0.1, -0.05) is 31.9 Å². The van der Waals surface area contributed by atoms with Crippen molar-refractivity contribution < 1.29 is 19.1 Å². The molecular formula is C26H34Br2N4O5. The number of halogens is 2. The summed E-state index contributed by atoms with van der Waals surface area (Å²) < 4.78 is 20.4. The van der Waals surface area contributed by atoms with Crippen molar-refractivity contribution in [3.63, 3.8) is 0 Å². The van der Waals surface area contributed by atoms with Crippen molar-refractivity contribution in [2.24, 2.45) is 0 Å². The number of nitrogens with one attached hydrogen (secondary N) is 1. The van der Waals surface area contributed by atoms with Crippen molar-refractivity contribution in [3.8, 4) is 0 Å². The Morgan fingerprint density at radius 2 is 1.76 bits per heavy atom. The number of anilines is 1. The molecule has 0 radical (unpaired) electrons. The normalized spacial score (nSPS) is 13.8. The first-order valence-electron chi connectivity index (χ1n) is 12.5. The highest BCUT2D eigenvalue weighted by molar-refractivity contribution is 9.10. The standard InChI is InChI=1S/C16H21BrN2O2.C10H13BrN2O3/c1-2-20-10-7-19-15-11-13(17)3-4-14(15)18-16(19)12-5-8-21-9-6-12;1-2-16-6-5-12-9-7-8(11)3-4-10(9)13(14)15/h3-4,11-12H,2,5-10H2,1H3;3-4,7,12H,2,5-6H2,1H3. The Morgan fingerprint density at radius 1 is 1.08 bits per heavy atom. The molecular weight excluding hydrogens is 608 g/mol. The molecule has 37 heavy (non-hydrogen) atoms. The summed E-state index contributed by atoms with van der Waals surface area (Å²) in [6.07, 6.45) is 2.11. The molecule has 0 unspecified atom stereocenters. The van der Waals surface area contributed by atoms with Crippen LogP contribution < -0.4 is 5.32 Å². The Labute approximate surface area is 234 Å². The predicted molar refractivity (Wildman–Crippen MR) is 152 cm³/mol. The molecule has 0 aliphatic carbocycles. The Hall–Kier alpha value is -2.05. The van der Waals surface area contributed by atoms with Crippen LogP contribution in [0.4, 0.5) is 11.4 Å². The van der Waals surface area contributed by atoms with Gasteiger partial charge >= 0.3 is 0 Å². The number of imidazole rings is 1. The Kier molecular flexibility index (Phi) is 12.3. The van der Waals surface area contributed by atoms with E-state index in [0.29, 0.717) is 31.4 Å². The van der Waals surface area contributed by atoms with E-state index in [-0.39, 0.29) is 5.69 Å². The average molecular weight is 642 g/mol. The van der Waals surface area contributed by atoms with Crippen LogP contribution in [0, 0.1) is 10.1 Å². The number of ether oxygens (including phenoxy) is 3. The van der Waals surface area contributed by atoms with Crippen LogP contribution in [0.15, 0.2) is 45.3 Å². The largest absolute Gasteiger partial charge is 0.381 e. The summed E-state index contributed by atoms with van der Waals surface area (Å²) in [5.41, 5.74) is 2.82. The molecule has 1 fully saturated rings. The Morgan fingerprint density at radius 3 is 2.46 bits per heavy atom. The van der Waals surface area contributed by atoms with Gasteiger partial charge in [-0.3, -0.25) is 10.1 Å². The highest BCUT2D eigenvalue weighted by Crippen LogP contribution is 2.31. The van der Waals surface area contributed by atoms with Crippen molar-refractivity contribution in [2.45, 2.75) is 39.2 Å². The van der Waals surface area contributed by atoms with Crippen molar-refractivity contribution in [2.75, 3.05) is 51.5 Å². The van der Waals surface area contributed by atoms with Crippen LogP contribution in [-0.2, 0) is 20.8 Å². The van der Waals surface area contributed by atoms with Gasteiger partial charge in [0.1, 0.15) is 11.5 Å². The van der Waals surface area contributed by atoms with Gasteiger partial charge in [0.15, 0.2) is 0 Å². The lowest BCUT2D eigenvalue weighted by atomic mass is 9.99. The van der Waals surface area contributed by atoms with E-state index in [4.69, 9.17) is 19.2 Å².